The van der Waals surface area contributed by atoms with Crippen LogP contribution in [-0.4, -0.2) is 10.9 Å². The molecule has 6 heteroatoms. The Bertz CT molecular complexity index is 604. The van der Waals surface area contributed by atoms with Gasteiger partial charge in [-0.25, -0.2) is 0 Å². The van der Waals surface area contributed by atoms with Crippen molar-refractivity contribution >= 4 is 57.4 Å². The number of nitrogens with zero attached hydrogens (tertiary/aromatic N) is 1. The van der Waals surface area contributed by atoms with Crippen molar-refractivity contribution in [1.82, 2.24) is 4.98 Å². The third kappa shape index (κ3) is 3.13. The lowest BCUT2D eigenvalue weighted by Gasteiger charge is -2.08. The number of halogens is 3. The van der Waals surface area contributed by atoms with E-state index in [0.717, 1.165) is 3.57 Å². The molecule has 2 rings (SSSR count). The van der Waals surface area contributed by atoms with Gasteiger partial charge in [0.2, 0.25) is 0 Å². The van der Waals surface area contributed by atoms with Crippen molar-refractivity contribution < 1.29 is 4.79 Å². The predicted octanol–water partition coefficient (Wildman–Crippen LogP) is 4.25. The van der Waals surface area contributed by atoms with Crippen LogP contribution in [0.3, 0.4) is 0 Å². The molecule has 0 aliphatic carbocycles. The molecule has 1 amide bonds. The van der Waals surface area contributed by atoms with Gasteiger partial charge < -0.3 is 5.32 Å². The molecule has 3 nitrogen and oxygen atoms in total. The van der Waals surface area contributed by atoms with E-state index in [9.17, 15) is 4.79 Å². The number of aromatic nitrogens is 1. The minimum absolute atomic E-state index is 0.314. The third-order valence-electron chi connectivity index (χ3n) is 2.19. The number of benzene rings is 1. The van der Waals surface area contributed by atoms with E-state index in [2.05, 4.69) is 32.9 Å². The number of carbonyl (C=O) groups is 1. The lowest BCUT2D eigenvalue weighted by atomic mass is 10.2. The van der Waals surface area contributed by atoms with Gasteiger partial charge in [0.05, 0.1) is 21.3 Å². The van der Waals surface area contributed by atoms with E-state index < -0.39 is 0 Å². The molecular formula is C12H7Cl2IN2O. The van der Waals surface area contributed by atoms with Crippen molar-refractivity contribution in [3.8, 4) is 0 Å². The van der Waals surface area contributed by atoms with E-state index in [1.165, 1.54) is 12.4 Å². The van der Waals surface area contributed by atoms with E-state index in [0.29, 0.717) is 21.3 Å². The third-order valence-corrected chi connectivity index (χ3v) is 3.51. The fourth-order valence-corrected chi connectivity index (χ4v) is 2.42. The summed E-state index contributed by atoms with van der Waals surface area (Å²) in [6.07, 6.45) is 2.94. The first-order valence-electron chi connectivity index (χ1n) is 4.94. The average Bonchev–Trinajstić information content (AvgIpc) is 2.33. The Morgan fingerprint density at radius 1 is 1.22 bits per heavy atom. The SMILES string of the molecule is O=C(Nc1ccc(I)cc1Cl)c1cnccc1Cl. The van der Waals surface area contributed by atoms with Crippen LogP contribution in [0.15, 0.2) is 36.7 Å². The van der Waals surface area contributed by atoms with E-state index in [-0.39, 0.29) is 5.91 Å². The molecule has 0 saturated heterocycles. The maximum Gasteiger partial charge on any atom is 0.258 e. The Hall–Kier alpha value is -0.850. The fourth-order valence-electron chi connectivity index (χ4n) is 1.33. The number of anilines is 1. The minimum atomic E-state index is -0.337. The highest BCUT2D eigenvalue weighted by Crippen LogP contribution is 2.25. The van der Waals surface area contributed by atoms with Gasteiger partial charge in [0.25, 0.3) is 5.91 Å². The molecule has 2 aromatic rings. The first kappa shape index (κ1) is 13.6. The van der Waals surface area contributed by atoms with Crippen LogP contribution in [0, 0.1) is 3.57 Å². The van der Waals surface area contributed by atoms with Crippen molar-refractivity contribution in [2.45, 2.75) is 0 Å². The Morgan fingerprint density at radius 3 is 2.67 bits per heavy atom. The van der Waals surface area contributed by atoms with Gasteiger partial charge in [-0.1, -0.05) is 23.2 Å². The van der Waals surface area contributed by atoms with Gasteiger partial charge in [-0.2, -0.15) is 0 Å². The summed E-state index contributed by atoms with van der Waals surface area (Å²) in [7, 11) is 0. The highest BCUT2D eigenvalue weighted by molar-refractivity contribution is 14.1. The van der Waals surface area contributed by atoms with Gasteiger partial charge in [-0.05, 0) is 46.9 Å². The molecule has 0 saturated carbocycles. The Kier molecular flexibility index (Phi) is 4.42. The highest BCUT2D eigenvalue weighted by atomic mass is 127. The van der Waals surface area contributed by atoms with Gasteiger partial charge in [0.15, 0.2) is 0 Å². The molecular weight excluding hydrogens is 386 g/mol. The van der Waals surface area contributed by atoms with Crippen LogP contribution in [0.5, 0.6) is 0 Å². The molecule has 92 valence electrons. The van der Waals surface area contributed by atoms with Crippen LogP contribution in [0.4, 0.5) is 5.69 Å². The Balaban J connectivity index is 2.24. The maximum atomic E-state index is 12.0. The topological polar surface area (TPSA) is 42.0 Å². The molecule has 18 heavy (non-hydrogen) atoms. The molecule has 0 spiro atoms. The van der Waals surface area contributed by atoms with Crippen molar-refractivity contribution in [1.29, 1.82) is 0 Å². The minimum Gasteiger partial charge on any atom is -0.321 e. The zero-order valence-electron chi connectivity index (χ0n) is 8.95. The van der Waals surface area contributed by atoms with Crippen molar-refractivity contribution in [3.05, 3.63) is 55.8 Å². The summed E-state index contributed by atoms with van der Waals surface area (Å²) in [6.45, 7) is 0. The average molecular weight is 393 g/mol. The van der Waals surface area contributed by atoms with E-state index >= 15 is 0 Å². The van der Waals surface area contributed by atoms with Gasteiger partial charge in [-0.15, -0.1) is 0 Å². The normalized spacial score (nSPS) is 10.2. The molecule has 0 radical (unpaired) electrons. The van der Waals surface area contributed by atoms with Gasteiger partial charge in [0.1, 0.15) is 0 Å². The predicted molar refractivity (Wildman–Crippen MR) is 81.4 cm³/mol. The monoisotopic (exact) mass is 392 g/mol. The molecule has 1 heterocycles. The van der Waals surface area contributed by atoms with Crippen LogP contribution in [0.2, 0.25) is 10.0 Å². The number of hydrogen-bond acceptors (Lipinski definition) is 2. The summed E-state index contributed by atoms with van der Waals surface area (Å²) >= 11 is 14.1. The maximum absolute atomic E-state index is 12.0. The number of rotatable bonds is 2. The van der Waals surface area contributed by atoms with Crippen LogP contribution in [0.1, 0.15) is 10.4 Å². The second-order valence-electron chi connectivity index (χ2n) is 3.43. The highest BCUT2D eigenvalue weighted by Gasteiger charge is 2.12. The first-order chi connectivity index (χ1) is 8.58. The quantitative estimate of drug-likeness (QED) is 0.776. The van der Waals surface area contributed by atoms with Crippen LogP contribution in [0.25, 0.3) is 0 Å². The molecule has 0 fully saturated rings. The van der Waals surface area contributed by atoms with E-state index in [1.54, 1.807) is 18.2 Å². The largest absolute Gasteiger partial charge is 0.321 e. The number of nitrogens with one attached hydrogen (secondary N) is 1. The van der Waals surface area contributed by atoms with Crippen LogP contribution in [-0.2, 0) is 0 Å². The molecule has 0 bridgehead atoms. The van der Waals surface area contributed by atoms with Crippen molar-refractivity contribution in [2.75, 3.05) is 5.32 Å². The van der Waals surface area contributed by atoms with E-state index in [4.69, 9.17) is 23.2 Å². The second-order valence-corrected chi connectivity index (χ2v) is 5.49. The number of amides is 1. The molecule has 1 N–H and O–H groups in total. The molecule has 0 atom stereocenters. The number of pyridine rings is 1. The summed E-state index contributed by atoms with van der Waals surface area (Å²) in [5.41, 5.74) is 0.857. The summed E-state index contributed by atoms with van der Waals surface area (Å²) in [6, 6.07) is 6.92. The van der Waals surface area contributed by atoms with E-state index in [1.807, 2.05) is 6.07 Å². The van der Waals surface area contributed by atoms with Crippen LogP contribution >= 0.6 is 45.8 Å². The summed E-state index contributed by atoms with van der Waals surface area (Å²) < 4.78 is 0.995. The zero-order chi connectivity index (χ0) is 13.1. The summed E-state index contributed by atoms with van der Waals surface area (Å²) in [4.78, 5) is 15.8. The fraction of sp³-hybridized carbons (Fsp3) is 0. The second kappa shape index (κ2) is 5.86. The Labute approximate surface area is 128 Å². The number of hydrogen-bond donors (Lipinski definition) is 1. The lowest BCUT2D eigenvalue weighted by Crippen LogP contribution is -2.13. The smallest absolute Gasteiger partial charge is 0.258 e. The van der Waals surface area contributed by atoms with Crippen molar-refractivity contribution in [2.24, 2.45) is 0 Å². The molecule has 1 aromatic heterocycles. The molecule has 0 aliphatic heterocycles. The molecule has 0 aliphatic rings. The summed E-state index contributed by atoms with van der Waals surface area (Å²) in [5.74, 6) is -0.337. The molecule has 0 unspecified atom stereocenters. The molecule has 1 aromatic carbocycles. The van der Waals surface area contributed by atoms with Crippen molar-refractivity contribution in [3.63, 3.8) is 0 Å². The van der Waals surface area contributed by atoms with Gasteiger partial charge in [0, 0.05) is 16.0 Å². The van der Waals surface area contributed by atoms with Crippen LogP contribution < -0.4 is 5.32 Å². The standard InChI is InChI=1S/C12H7Cl2IN2O/c13-9-3-4-16-6-8(9)12(18)17-11-2-1-7(15)5-10(11)14/h1-6H,(H,17,18). The zero-order valence-corrected chi connectivity index (χ0v) is 12.6. The Morgan fingerprint density at radius 2 is 2.00 bits per heavy atom. The summed E-state index contributed by atoms with van der Waals surface area (Å²) in [5, 5.41) is 3.53. The first-order valence-corrected chi connectivity index (χ1v) is 6.77. The van der Waals surface area contributed by atoms with Gasteiger partial charge >= 0.3 is 0 Å². The number of carbonyl (C=O) groups excluding carboxylic acids is 1. The van der Waals surface area contributed by atoms with Gasteiger partial charge in [-0.3, -0.25) is 9.78 Å². The lowest BCUT2D eigenvalue weighted by molar-refractivity contribution is 0.102.